The SMILES string of the molecule is Cc1cc(NC(C)c2ccc(Cl)cc2Cl)c(Br)cc1N. The molecule has 0 saturated carbocycles. The van der Waals surface area contributed by atoms with Crippen molar-refractivity contribution in [2.24, 2.45) is 0 Å². The van der Waals surface area contributed by atoms with Gasteiger partial charge in [-0.3, -0.25) is 0 Å². The summed E-state index contributed by atoms with van der Waals surface area (Å²) < 4.78 is 0.928. The number of rotatable bonds is 3. The van der Waals surface area contributed by atoms with Crippen molar-refractivity contribution >= 4 is 50.5 Å². The molecule has 0 saturated heterocycles. The van der Waals surface area contributed by atoms with E-state index in [4.69, 9.17) is 28.9 Å². The van der Waals surface area contributed by atoms with Gasteiger partial charge in [-0.25, -0.2) is 0 Å². The van der Waals surface area contributed by atoms with Crippen LogP contribution in [-0.4, -0.2) is 0 Å². The molecule has 1 atom stereocenters. The Bertz CT molecular complexity index is 644. The summed E-state index contributed by atoms with van der Waals surface area (Å²) in [5, 5.41) is 4.71. The normalized spacial score (nSPS) is 12.2. The lowest BCUT2D eigenvalue weighted by Gasteiger charge is -2.19. The smallest absolute Gasteiger partial charge is 0.0500 e. The summed E-state index contributed by atoms with van der Waals surface area (Å²) in [5.41, 5.74) is 9.65. The molecule has 0 aliphatic carbocycles. The quantitative estimate of drug-likeness (QED) is 0.665. The fourth-order valence-electron chi connectivity index (χ4n) is 1.97. The fourth-order valence-corrected chi connectivity index (χ4v) is 3.02. The summed E-state index contributed by atoms with van der Waals surface area (Å²) >= 11 is 15.7. The van der Waals surface area contributed by atoms with Gasteiger partial charge in [0.2, 0.25) is 0 Å². The first kappa shape index (κ1) is 15.5. The van der Waals surface area contributed by atoms with Crippen LogP contribution in [0.2, 0.25) is 10.0 Å². The Morgan fingerprint density at radius 3 is 2.55 bits per heavy atom. The minimum atomic E-state index is 0.0547. The molecular formula is C15H15BrCl2N2. The van der Waals surface area contributed by atoms with Gasteiger partial charge in [0.05, 0.1) is 6.04 Å². The summed E-state index contributed by atoms with van der Waals surface area (Å²) in [4.78, 5) is 0. The average Bonchev–Trinajstić information content (AvgIpc) is 2.35. The predicted octanol–water partition coefficient (Wildman–Crippen LogP) is 5.82. The maximum absolute atomic E-state index is 6.23. The Labute approximate surface area is 137 Å². The summed E-state index contributed by atoms with van der Waals surface area (Å²) in [6.45, 7) is 4.03. The number of benzene rings is 2. The van der Waals surface area contributed by atoms with Gasteiger partial charge in [-0.2, -0.15) is 0 Å². The molecule has 1 unspecified atom stereocenters. The molecule has 0 aliphatic heterocycles. The van der Waals surface area contributed by atoms with Gasteiger partial charge >= 0.3 is 0 Å². The van der Waals surface area contributed by atoms with Gasteiger partial charge in [0.1, 0.15) is 0 Å². The largest absolute Gasteiger partial charge is 0.398 e. The zero-order chi connectivity index (χ0) is 14.9. The van der Waals surface area contributed by atoms with E-state index in [0.717, 1.165) is 27.0 Å². The second kappa shape index (κ2) is 6.25. The zero-order valence-electron chi connectivity index (χ0n) is 11.2. The first-order valence-corrected chi connectivity index (χ1v) is 7.70. The molecule has 0 radical (unpaired) electrons. The topological polar surface area (TPSA) is 38.0 Å². The number of nitrogens with one attached hydrogen (secondary N) is 1. The van der Waals surface area contributed by atoms with E-state index in [1.807, 2.05) is 38.1 Å². The van der Waals surface area contributed by atoms with Crippen LogP contribution in [-0.2, 0) is 0 Å². The van der Waals surface area contributed by atoms with Crippen molar-refractivity contribution < 1.29 is 0 Å². The van der Waals surface area contributed by atoms with Crippen molar-refractivity contribution in [1.82, 2.24) is 0 Å². The van der Waals surface area contributed by atoms with Gasteiger partial charge in [0.25, 0.3) is 0 Å². The minimum absolute atomic E-state index is 0.0547. The zero-order valence-corrected chi connectivity index (χ0v) is 14.3. The van der Waals surface area contributed by atoms with Crippen molar-refractivity contribution in [3.8, 4) is 0 Å². The minimum Gasteiger partial charge on any atom is -0.398 e. The van der Waals surface area contributed by atoms with E-state index in [1.54, 1.807) is 6.07 Å². The van der Waals surface area contributed by atoms with E-state index in [1.165, 1.54) is 0 Å². The van der Waals surface area contributed by atoms with Crippen LogP contribution in [0.5, 0.6) is 0 Å². The lowest BCUT2D eigenvalue weighted by molar-refractivity contribution is 0.883. The van der Waals surface area contributed by atoms with Crippen LogP contribution in [0.4, 0.5) is 11.4 Å². The van der Waals surface area contributed by atoms with Crippen LogP contribution < -0.4 is 11.1 Å². The van der Waals surface area contributed by atoms with Crippen molar-refractivity contribution in [2.45, 2.75) is 19.9 Å². The first-order chi connectivity index (χ1) is 9.38. The molecule has 0 fully saturated rings. The molecule has 2 nitrogen and oxygen atoms in total. The van der Waals surface area contributed by atoms with Crippen LogP contribution >= 0.6 is 39.1 Å². The van der Waals surface area contributed by atoms with Crippen molar-refractivity contribution in [1.29, 1.82) is 0 Å². The third-order valence-electron chi connectivity index (χ3n) is 3.16. The lowest BCUT2D eigenvalue weighted by Crippen LogP contribution is -2.08. The maximum atomic E-state index is 6.23. The number of hydrogen-bond acceptors (Lipinski definition) is 2. The molecule has 0 spiro atoms. The fraction of sp³-hybridized carbons (Fsp3) is 0.200. The van der Waals surface area contributed by atoms with Crippen molar-refractivity contribution in [3.05, 3.63) is 56.0 Å². The Kier molecular flexibility index (Phi) is 4.84. The molecule has 106 valence electrons. The number of anilines is 2. The van der Waals surface area contributed by atoms with E-state index in [0.29, 0.717) is 10.0 Å². The van der Waals surface area contributed by atoms with E-state index in [-0.39, 0.29) is 6.04 Å². The molecule has 2 aromatic rings. The highest BCUT2D eigenvalue weighted by Crippen LogP contribution is 2.33. The monoisotopic (exact) mass is 372 g/mol. The van der Waals surface area contributed by atoms with Gasteiger partial charge in [-0.15, -0.1) is 0 Å². The molecule has 0 aliphatic rings. The average molecular weight is 374 g/mol. The number of aryl methyl sites for hydroxylation is 1. The number of halogens is 3. The van der Waals surface area contributed by atoms with Crippen LogP contribution in [0.3, 0.4) is 0 Å². The Morgan fingerprint density at radius 2 is 1.90 bits per heavy atom. The number of nitrogens with two attached hydrogens (primary N) is 1. The van der Waals surface area contributed by atoms with Gasteiger partial charge in [0, 0.05) is 25.9 Å². The van der Waals surface area contributed by atoms with Crippen LogP contribution in [0.1, 0.15) is 24.1 Å². The molecular weight excluding hydrogens is 359 g/mol. The molecule has 0 amide bonds. The molecule has 2 aromatic carbocycles. The highest BCUT2D eigenvalue weighted by atomic mass is 79.9. The Morgan fingerprint density at radius 1 is 1.20 bits per heavy atom. The Hall–Kier alpha value is -0.900. The van der Waals surface area contributed by atoms with E-state index < -0.39 is 0 Å². The van der Waals surface area contributed by atoms with Gasteiger partial charge in [-0.05, 0) is 65.2 Å². The van der Waals surface area contributed by atoms with Crippen molar-refractivity contribution in [3.63, 3.8) is 0 Å². The van der Waals surface area contributed by atoms with Gasteiger partial charge in [-0.1, -0.05) is 29.3 Å². The maximum Gasteiger partial charge on any atom is 0.0500 e. The summed E-state index contributed by atoms with van der Waals surface area (Å²) in [7, 11) is 0. The third-order valence-corrected chi connectivity index (χ3v) is 4.38. The highest BCUT2D eigenvalue weighted by molar-refractivity contribution is 9.10. The molecule has 5 heteroatoms. The standard InChI is InChI=1S/C15H15BrCl2N2/c1-8-5-15(12(16)7-14(8)19)20-9(2)11-4-3-10(17)6-13(11)18/h3-7,9,20H,19H2,1-2H3. The molecule has 0 aromatic heterocycles. The Balaban J connectivity index is 2.27. The first-order valence-electron chi connectivity index (χ1n) is 6.15. The van der Waals surface area contributed by atoms with Crippen LogP contribution in [0.25, 0.3) is 0 Å². The third kappa shape index (κ3) is 3.40. The van der Waals surface area contributed by atoms with Gasteiger partial charge in [0.15, 0.2) is 0 Å². The van der Waals surface area contributed by atoms with Crippen LogP contribution in [0, 0.1) is 6.92 Å². The van der Waals surface area contributed by atoms with E-state index in [9.17, 15) is 0 Å². The second-order valence-corrected chi connectivity index (χ2v) is 6.42. The molecule has 20 heavy (non-hydrogen) atoms. The summed E-state index contributed by atoms with van der Waals surface area (Å²) in [6, 6.07) is 9.48. The second-order valence-electron chi connectivity index (χ2n) is 4.72. The summed E-state index contributed by atoms with van der Waals surface area (Å²) in [6.07, 6.45) is 0. The van der Waals surface area contributed by atoms with Gasteiger partial charge < -0.3 is 11.1 Å². The van der Waals surface area contributed by atoms with Crippen LogP contribution in [0.15, 0.2) is 34.8 Å². The summed E-state index contributed by atoms with van der Waals surface area (Å²) in [5.74, 6) is 0. The molecule has 0 heterocycles. The van der Waals surface area contributed by atoms with Crippen molar-refractivity contribution in [2.75, 3.05) is 11.1 Å². The lowest BCUT2D eigenvalue weighted by atomic mass is 10.1. The molecule has 2 rings (SSSR count). The molecule has 3 N–H and O–H groups in total. The van der Waals surface area contributed by atoms with E-state index in [2.05, 4.69) is 21.2 Å². The number of nitrogen functional groups attached to an aromatic ring is 1. The van der Waals surface area contributed by atoms with E-state index >= 15 is 0 Å². The highest BCUT2D eigenvalue weighted by Gasteiger charge is 2.12. The number of hydrogen-bond donors (Lipinski definition) is 2. The predicted molar refractivity (Wildman–Crippen MR) is 91.8 cm³/mol. The molecule has 0 bridgehead atoms.